The summed E-state index contributed by atoms with van der Waals surface area (Å²) in [7, 11) is 0. The normalized spacial score (nSPS) is 13.2. The van der Waals surface area contributed by atoms with Crippen molar-refractivity contribution in [3.63, 3.8) is 0 Å². The second-order valence-electron chi connectivity index (χ2n) is 10.8. The molecule has 1 aliphatic carbocycles. The van der Waals surface area contributed by atoms with Gasteiger partial charge >= 0.3 is 0 Å². The van der Waals surface area contributed by atoms with E-state index >= 15 is 0 Å². The molecule has 2 heteroatoms. The van der Waals surface area contributed by atoms with Crippen LogP contribution in [0.3, 0.4) is 0 Å². The molecule has 41 heavy (non-hydrogen) atoms. The lowest BCUT2D eigenvalue weighted by Crippen LogP contribution is -2.17. The Morgan fingerprint density at radius 1 is 0.512 bits per heavy atom. The maximum absolute atomic E-state index is 3.78. The van der Waals surface area contributed by atoms with Gasteiger partial charge in [-0.2, -0.15) is 0 Å². The van der Waals surface area contributed by atoms with E-state index in [4.69, 9.17) is 0 Å². The SMILES string of the molecule is C=C/C=C\C=C\N(c1ccccc1)c1ccc2c(c1)C(C)(C)c1cc(N(c3ccccc3)c3ccccc3)ccc1-2. The van der Waals surface area contributed by atoms with Crippen LogP contribution in [0.5, 0.6) is 0 Å². The lowest BCUT2D eigenvalue weighted by atomic mass is 9.82. The van der Waals surface area contributed by atoms with Gasteiger partial charge in [-0.3, -0.25) is 0 Å². The molecule has 0 atom stereocenters. The van der Waals surface area contributed by atoms with Crippen LogP contribution < -0.4 is 9.80 Å². The molecule has 5 aromatic rings. The summed E-state index contributed by atoms with van der Waals surface area (Å²) in [4.78, 5) is 4.58. The van der Waals surface area contributed by atoms with Gasteiger partial charge in [0.25, 0.3) is 0 Å². The Labute approximate surface area is 243 Å². The van der Waals surface area contributed by atoms with Crippen molar-refractivity contribution in [3.8, 4) is 11.1 Å². The van der Waals surface area contributed by atoms with E-state index in [1.807, 2.05) is 12.2 Å². The van der Waals surface area contributed by atoms with Crippen LogP contribution >= 0.6 is 0 Å². The van der Waals surface area contributed by atoms with Gasteiger partial charge in [-0.25, -0.2) is 0 Å². The summed E-state index contributed by atoms with van der Waals surface area (Å²) < 4.78 is 0. The molecule has 0 amide bonds. The van der Waals surface area contributed by atoms with Crippen LogP contribution in [0.15, 0.2) is 164 Å². The summed E-state index contributed by atoms with van der Waals surface area (Å²) in [6.45, 7) is 8.47. The van der Waals surface area contributed by atoms with Gasteiger partial charge in [-0.1, -0.05) is 105 Å². The Kier molecular flexibility index (Phi) is 7.14. The Bertz CT molecular complexity index is 1670. The van der Waals surface area contributed by atoms with Crippen LogP contribution in [0.1, 0.15) is 25.0 Å². The van der Waals surface area contributed by atoms with Crippen LogP contribution in [0.4, 0.5) is 28.4 Å². The standard InChI is InChI=1S/C39H34N2/c1-4-5-6-16-27-40(30-17-10-7-11-18-30)33-23-25-35-36-26-24-34(29-38(36)39(2,3)37(35)28-33)41(31-19-12-8-13-20-31)32-21-14-9-15-22-32/h4-29H,1H2,2-3H3/b6-5-,27-16+. The fraction of sp³-hybridized carbons (Fsp3) is 0.0769. The highest BCUT2D eigenvalue weighted by Crippen LogP contribution is 2.51. The van der Waals surface area contributed by atoms with Crippen LogP contribution in [0.2, 0.25) is 0 Å². The Balaban J connectivity index is 1.43. The lowest BCUT2D eigenvalue weighted by Gasteiger charge is -2.28. The second kappa shape index (κ2) is 11.2. The molecule has 6 rings (SSSR count). The zero-order valence-corrected chi connectivity index (χ0v) is 23.6. The highest BCUT2D eigenvalue weighted by molar-refractivity contribution is 5.87. The minimum Gasteiger partial charge on any atom is -0.317 e. The largest absolute Gasteiger partial charge is 0.317 e. The number of hydrogen-bond acceptors (Lipinski definition) is 2. The van der Waals surface area contributed by atoms with Gasteiger partial charge in [0, 0.05) is 40.1 Å². The van der Waals surface area contributed by atoms with Crippen molar-refractivity contribution in [3.05, 3.63) is 176 Å². The van der Waals surface area contributed by atoms with Crippen molar-refractivity contribution in [1.29, 1.82) is 0 Å². The molecule has 0 saturated heterocycles. The highest BCUT2D eigenvalue weighted by atomic mass is 15.1. The third kappa shape index (κ3) is 5.01. The number of hydrogen-bond donors (Lipinski definition) is 0. The van der Waals surface area contributed by atoms with Crippen LogP contribution in [0, 0.1) is 0 Å². The Hall–Kier alpha value is -5.08. The van der Waals surface area contributed by atoms with E-state index in [9.17, 15) is 0 Å². The third-order valence-corrected chi connectivity index (χ3v) is 7.84. The van der Waals surface area contributed by atoms with Crippen molar-refractivity contribution in [1.82, 2.24) is 0 Å². The maximum atomic E-state index is 3.78. The topological polar surface area (TPSA) is 6.48 Å². The third-order valence-electron chi connectivity index (χ3n) is 7.84. The van der Waals surface area contributed by atoms with Crippen LogP contribution in [-0.2, 0) is 5.41 Å². The molecule has 0 N–H and O–H groups in total. The lowest BCUT2D eigenvalue weighted by molar-refractivity contribution is 0.660. The number of nitrogens with zero attached hydrogens (tertiary/aromatic N) is 2. The van der Waals surface area contributed by atoms with Gasteiger partial charge < -0.3 is 9.80 Å². The monoisotopic (exact) mass is 530 g/mol. The summed E-state index contributed by atoms with van der Waals surface area (Å²) in [6.07, 6.45) is 9.89. The summed E-state index contributed by atoms with van der Waals surface area (Å²) in [5, 5.41) is 0. The van der Waals surface area contributed by atoms with Gasteiger partial charge in [0.05, 0.1) is 0 Å². The molecule has 0 saturated carbocycles. The van der Waals surface area contributed by atoms with E-state index in [1.54, 1.807) is 6.08 Å². The molecule has 0 spiro atoms. The molecule has 0 unspecified atom stereocenters. The van der Waals surface area contributed by atoms with Gasteiger partial charge in [0.1, 0.15) is 0 Å². The minimum absolute atomic E-state index is 0.162. The van der Waals surface area contributed by atoms with E-state index in [-0.39, 0.29) is 5.41 Å². The summed E-state index contributed by atoms with van der Waals surface area (Å²) >= 11 is 0. The Morgan fingerprint density at radius 3 is 1.54 bits per heavy atom. The Morgan fingerprint density at radius 2 is 1.00 bits per heavy atom. The minimum atomic E-state index is -0.162. The van der Waals surface area contributed by atoms with Crippen LogP contribution in [0.25, 0.3) is 11.1 Å². The van der Waals surface area contributed by atoms with E-state index < -0.39 is 0 Å². The number of allylic oxidation sites excluding steroid dienone is 4. The van der Waals surface area contributed by atoms with Crippen molar-refractivity contribution in [2.75, 3.05) is 9.80 Å². The molecule has 0 aliphatic heterocycles. The maximum Gasteiger partial charge on any atom is 0.0465 e. The average Bonchev–Trinajstić information content (AvgIpc) is 3.24. The molecule has 0 aromatic heterocycles. The second-order valence-corrected chi connectivity index (χ2v) is 10.8. The molecular weight excluding hydrogens is 496 g/mol. The summed E-state index contributed by atoms with van der Waals surface area (Å²) in [5.41, 5.74) is 10.8. The van der Waals surface area contributed by atoms with Crippen molar-refractivity contribution in [2.45, 2.75) is 19.3 Å². The van der Waals surface area contributed by atoms with E-state index in [1.165, 1.54) is 22.3 Å². The molecule has 2 nitrogen and oxygen atoms in total. The van der Waals surface area contributed by atoms with Crippen molar-refractivity contribution in [2.24, 2.45) is 0 Å². The average molecular weight is 531 g/mol. The smallest absolute Gasteiger partial charge is 0.0465 e. The highest BCUT2D eigenvalue weighted by Gasteiger charge is 2.36. The van der Waals surface area contributed by atoms with Gasteiger partial charge in [-0.15, -0.1) is 0 Å². The fourth-order valence-corrected chi connectivity index (χ4v) is 5.79. The number of rotatable bonds is 8. The molecule has 1 aliphatic rings. The number of anilines is 5. The molecule has 0 bridgehead atoms. The molecule has 5 aromatic carbocycles. The first kappa shape index (κ1) is 26.2. The predicted octanol–water partition coefficient (Wildman–Crippen LogP) is 10.9. The first-order valence-electron chi connectivity index (χ1n) is 14.1. The molecular formula is C39H34N2. The van der Waals surface area contributed by atoms with Gasteiger partial charge in [0.15, 0.2) is 0 Å². The molecule has 0 radical (unpaired) electrons. The van der Waals surface area contributed by atoms with Crippen LogP contribution in [-0.4, -0.2) is 0 Å². The number of para-hydroxylation sites is 3. The van der Waals surface area contributed by atoms with E-state index in [0.717, 1.165) is 28.4 Å². The number of benzene rings is 5. The van der Waals surface area contributed by atoms with E-state index in [2.05, 4.69) is 170 Å². The zero-order chi connectivity index (χ0) is 28.2. The van der Waals surface area contributed by atoms with Gasteiger partial charge in [0.2, 0.25) is 0 Å². The quantitative estimate of drug-likeness (QED) is 0.184. The first-order chi connectivity index (χ1) is 20.1. The predicted molar refractivity (Wildman–Crippen MR) is 176 cm³/mol. The molecule has 0 fully saturated rings. The van der Waals surface area contributed by atoms with Crippen molar-refractivity contribution >= 4 is 28.4 Å². The zero-order valence-electron chi connectivity index (χ0n) is 23.6. The molecule has 0 heterocycles. The number of fused-ring (bicyclic) bond motifs is 3. The first-order valence-corrected chi connectivity index (χ1v) is 14.1. The fourth-order valence-electron chi connectivity index (χ4n) is 5.79. The van der Waals surface area contributed by atoms with Gasteiger partial charge in [-0.05, 0) is 89.0 Å². The van der Waals surface area contributed by atoms with Crippen molar-refractivity contribution < 1.29 is 0 Å². The molecule has 200 valence electrons. The summed E-state index contributed by atoms with van der Waals surface area (Å²) in [5.74, 6) is 0. The summed E-state index contributed by atoms with van der Waals surface area (Å²) in [6, 6.07) is 45.5. The van der Waals surface area contributed by atoms with E-state index in [0.29, 0.717) is 0 Å².